The Morgan fingerprint density at radius 3 is 2.76 bits per heavy atom. The lowest BCUT2D eigenvalue weighted by Gasteiger charge is -2.32. The zero-order valence-corrected chi connectivity index (χ0v) is 13.2. The van der Waals surface area contributed by atoms with E-state index in [1.807, 2.05) is 20.9 Å². The van der Waals surface area contributed by atoms with Crippen molar-refractivity contribution in [3.63, 3.8) is 0 Å². The van der Waals surface area contributed by atoms with Gasteiger partial charge in [-0.3, -0.25) is 4.79 Å². The Bertz CT molecular complexity index is 349. The molecule has 0 spiro atoms. The van der Waals surface area contributed by atoms with Crippen LogP contribution in [0.15, 0.2) is 0 Å². The molecule has 2 N–H and O–H groups in total. The molecule has 1 fully saturated rings. The van der Waals surface area contributed by atoms with E-state index in [0.29, 0.717) is 26.1 Å². The molecule has 1 heterocycles. The van der Waals surface area contributed by atoms with Crippen molar-refractivity contribution in [1.82, 2.24) is 15.1 Å². The van der Waals surface area contributed by atoms with Gasteiger partial charge in [-0.1, -0.05) is 0 Å². The zero-order chi connectivity index (χ0) is 15.8. The van der Waals surface area contributed by atoms with Crippen LogP contribution in [-0.4, -0.2) is 78.9 Å². The van der Waals surface area contributed by atoms with Gasteiger partial charge in [-0.05, 0) is 27.3 Å². The molecule has 21 heavy (non-hydrogen) atoms. The predicted molar refractivity (Wildman–Crippen MR) is 79.3 cm³/mol. The molecular weight excluding hydrogens is 274 g/mol. The minimum Gasteiger partial charge on any atom is -0.481 e. The SMILES string of the molecule is CC(C)N(CCCC(=O)O)C(=O)NCC1CN(C)CCO1. The third-order valence-electron chi connectivity index (χ3n) is 3.50. The molecule has 0 bridgehead atoms. The van der Waals surface area contributed by atoms with Crippen LogP contribution in [0, 0.1) is 0 Å². The molecular formula is C14H27N3O4. The summed E-state index contributed by atoms with van der Waals surface area (Å²) in [5, 5.41) is 11.5. The number of morpholine rings is 1. The fraction of sp³-hybridized carbons (Fsp3) is 0.857. The fourth-order valence-corrected chi connectivity index (χ4v) is 2.29. The first kappa shape index (κ1) is 17.7. The van der Waals surface area contributed by atoms with Gasteiger partial charge in [0.1, 0.15) is 0 Å². The molecule has 0 aliphatic carbocycles. The Labute approximate surface area is 126 Å². The molecule has 2 amide bonds. The van der Waals surface area contributed by atoms with Crippen LogP contribution < -0.4 is 5.32 Å². The Kier molecular flexibility index (Phi) is 7.45. The highest BCUT2D eigenvalue weighted by molar-refractivity contribution is 5.74. The number of carboxylic acids is 1. The van der Waals surface area contributed by atoms with E-state index in [4.69, 9.17) is 9.84 Å². The van der Waals surface area contributed by atoms with Crippen molar-refractivity contribution in [1.29, 1.82) is 0 Å². The van der Waals surface area contributed by atoms with Crippen LogP contribution in [0.1, 0.15) is 26.7 Å². The lowest BCUT2D eigenvalue weighted by Crippen LogP contribution is -2.50. The molecule has 1 saturated heterocycles. The number of carboxylic acid groups (broad SMARTS) is 1. The van der Waals surface area contributed by atoms with Crippen LogP contribution in [0.2, 0.25) is 0 Å². The normalized spacial score (nSPS) is 19.5. The number of hydrogen-bond acceptors (Lipinski definition) is 4. The molecule has 0 aromatic heterocycles. The topological polar surface area (TPSA) is 82.1 Å². The summed E-state index contributed by atoms with van der Waals surface area (Å²) in [5.41, 5.74) is 0. The van der Waals surface area contributed by atoms with E-state index in [9.17, 15) is 9.59 Å². The second-order valence-electron chi connectivity index (χ2n) is 5.73. The Balaban J connectivity index is 2.36. The number of urea groups is 1. The summed E-state index contributed by atoms with van der Waals surface area (Å²) >= 11 is 0. The van der Waals surface area contributed by atoms with Gasteiger partial charge < -0.3 is 25.0 Å². The fourth-order valence-electron chi connectivity index (χ4n) is 2.29. The molecule has 1 aliphatic rings. The predicted octanol–water partition coefficient (Wildman–Crippen LogP) is 0.602. The lowest BCUT2D eigenvalue weighted by molar-refractivity contribution is -0.137. The van der Waals surface area contributed by atoms with Crippen molar-refractivity contribution < 1.29 is 19.4 Å². The molecule has 1 rings (SSSR count). The van der Waals surface area contributed by atoms with E-state index >= 15 is 0 Å². The van der Waals surface area contributed by atoms with Crippen LogP contribution in [0.5, 0.6) is 0 Å². The van der Waals surface area contributed by atoms with Crippen molar-refractivity contribution in [2.75, 3.05) is 39.8 Å². The first-order valence-corrected chi connectivity index (χ1v) is 7.46. The van der Waals surface area contributed by atoms with Gasteiger partial charge in [0, 0.05) is 38.6 Å². The van der Waals surface area contributed by atoms with E-state index in [1.54, 1.807) is 4.90 Å². The number of amides is 2. The molecule has 0 radical (unpaired) electrons. The van der Waals surface area contributed by atoms with E-state index in [0.717, 1.165) is 13.1 Å². The van der Waals surface area contributed by atoms with Gasteiger partial charge in [0.15, 0.2) is 0 Å². The highest BCUT2D eigenvalue weighted by Gasteiger charge is 2.21. The van der Waals surface area contributed by atoms with Crippen LogP contribution >= 0.6 is 0 Å². The molecule has 1 atom stereocenters. The number of ether oxygens (including phenoxy) is 1. The van der Waals surface area contributed by atoms with Gasteiger partial charge in [-0.2, -0.15) is 0 Å². The Hall–Kier alpha value is -1.34. The summed E-state index contributed by atoms with van der Waals surface area (Å²) in [6, 6.07) is -0.124. The van der Waals surface area contributed by atoms with Crippen molar-refractivity contribution in [3.8, 4) is 0 Å². The second kappa shape index (κ2) is 8.84. The van der Waals surface area contributed by atoms with Crippen molar-refractivity contribution in [2.45, 2.75) is 38.8 Å². The standard InChI is InChI=1S/C14H27N3O4/c1-11(2)17(6-4-5-13(18)19)14(20)15-9-12-10-16(3)7-8-21-12/h11-12H,4-10H2,1-3H3,(H,15,20)(H,18,19). The average Bonchev–Trinajstić information content (AvgIpc) is 2.40. The van der Waals surface area contributed by atoms with Crippen LogP contribution in [-0.2, 0) is 9.53 Å². The molecule has 0 aromatic carbocycles. The Morgan fingerprint density at radius 1 is 1.48 bits per heavy atom. The lowest BCUT2D eigenvalue weighted by atomic mass is 10.2. The Morgan fingerprint density at radius 2 is 2.19 bits per heavy atom. The third kappa shape index (κ3) is 6.77. The average molecular weight is 301 g/mol. The molecule has 1 aliphatic heterocycles. The molecule has 0 aromatic rings. The second-order valence-corrected chi connectivity index (χ2v) is 5.73. The molecule has 7 nitrogen and oxygen atoms in total. The number of rotatable bonds is 7. The first-order valence-electron chi connectivity index (χ1n) is 7.46. The van der Waals surface area contributed by atoms with Gasteiger partial charge >= 0.3 is 12.0 Å². The molecule has 7 heteroatoms. The highest BCUT2D eigenvalue weighted by atomic mass is 16.5. The maximum absolute atomic E-state index is 12.2. The number of carbonyl (C=O) groups is 2. The summed E-state index contributed by atoms with van der Waals surface area (Å²) in [4.78, 5) is 26.6. The van der Waals surface area contributed by atoms with Crippen LogP contribution in [0.4, 0.5) is 4.79 Å². The van der Waals surface area contributed by atoms with Gasteiger partial charge in [-0.25, -0.2) is 4.79 Å². The van der Waals surface area contributed by atoms with E-state index in [2.05, 4.69) is 10.2 Å². The van der Waals surface area contributed by atoms with Crippen LogP contribution in [0.25, 0.3) is 0 Å². The van der Waals surface area contributed by atoms with Gasteiger partial charge in [0.05, 0.1) is 12.7 Å². The summed E-state index contributed by atoms with van der Waals surface area (Å²) in [5.74, 6) is -0.835. The number of hydrogen-bond donors (Lipinski definition) is 2. The number of likely N-dealkylation sites (N-methyl/N-ethyl adjacent to an activating group) is 1. The van der Waals surface area contributed by atoms with Crippen molar-refractivity contribution in [2.24, 2.45) is 0 Å². The third-order valence-corrected chi connectivity index (χ3v) is 3.50. The maximum Gasteiger partial charge on any atom is 0.317 e. The highest BCUT2D eigenvalue weighted by Crippen LogP contribution is 2.05. The minimum absolute atomic E-state index is 0.0146. The first-order chi connectivity index (χ1) is 9.90. The maximum atomic E-state index is 12.2. The quantitative estimate of drug-likeness (QED) is 0.719. The zero-order valence-electron chi connectivity index (χ0n) is 13.2. The number of nitrogens with zero attached hydrogens (tertiary/aromatic N) is 2. The number of aliphatic carboxylic acids is 1. The van der Waals surface area contributed by atoms with Gasteiger partial charge in [-0.15, -0.1) is 0 Å². The van der Waals surface area contributed by atoms with Crippen molar-refractivity contribution in [3.05, 3.63) is 0 Å². The summed E-state index contributed by atoms with van der Waals surface area (Å²) in [6.07, 6.45) is 0.553. The molecule has 122 valence electrons. The van der Waals surface area contributed by atoms with Crippen molar-refractivity contribution >= 4 is 12.0 Å². The summed E-state index contributed by atoms with van der Waals surface area (Å²) < 4.78 is 5.60. The van der Waals surface area contributed by atoms with E-state index < -0.39 is 5.97 Å². The van der Waals surface area contributed by atoms with Gasteiger partial charge in [0.25, 0.3) is 0 Å². The summed E-state index contributed by atoms with van der Waals surface area (Å²) in [7, 11) is 2.03. The van der Waals surface area contributed by atoms with E-state index in [1.165, 1.54) is 0 Å². The smallest absolute Gasteiger partial charge is 0.317 e. The monoisotopic (exact) mass is 301 g/mol. The number of nitrogens with one attached hydrogen (secondary N) is 1. The molecule has 0 saturated carbocycles. The largest absolute Gasteiger partial charge is 0.481 e. The summed E-state index contributed by atoms with van der Waals surface area (Å²) in [6.45, 7) is 7.17. The van der Waals surface area contributed by atoms with E-state index in [-0.39, 0.29) is 24.6 Å². The molecule has 1 unspecified atom stereocenters. The minimum atomic E-state index is -0.835. The van der Waals surface area contributed by atoms with Gasteiger partial charge in [0.2, 0.25) is 0 Å². The number of carbonyl (C=O) groups excluding carboxylic acids is 1. The van der Waals surface area contributed by atoms with Crippen LogP contribution in [0.3, 0.4) is 0 Å².